The van der Waals surface area contributed by atoms with Crippen molar-refractivity contribution in [2.75, 3.05) is 5.32 Å². The van der Waals surface area contributed by atoms with Crippen molar-refractivity contribution in [3.63, 3.8) is 0 Å². The lowest BCUT2D eigenvalue weighted by Gasteiger charge is -2.06. The third kappa shape index (κ3) is 3.42. The first-order chi connectivity index (χ1) is 10.4. The number of carbonyl (C=O) groups is 1. The maximum Gasteiger partial charge on any atom is 0.307 e. The second-order valence-corrected chi connectivity index (χ2v) is 4.48. The van der Waals surface area contributed by atoms with E-state index >= 15 is 0 Å². The second kappa shape index (κ2) is 5.99. The fourth-order valence-electron chi connectivity index (χ4n) is 1.77. The van der Waals surface area contributed by atoms with Crippen LogP contribution in [0.2, 0.25) is 0 Å². The van der Waals surface area contributed by atoms with E-state index in [1.807, 2.05) is 0 Å². The lowest BCUT2D eigenvalue weighted by Crippen LogP contribution is -2.19. The van der Waals surface area contributed by atoms with Gasteiger partial charge in [-0.3, -0.25) is 29.7 Å². The molecule has 2 rings (SSSR count). The highest BCUT2D eigenvalue weighted by atomic mass is 16.6. The van der Waals surface area contributed by atoms with Crippen LogP contribution < -0.4 is 5.32 Å². The Morgan fingerprint density at radius 1 is 1.32 bits per heavy atom. The number of benzene rings is 1. The Balaban J connectivity index is 2.12. The van der Waals surface area contributed by atoms with Gasteiger partial charge in [0.2, 0.25) is 5.91 Å². The van der Waals surface area contributed by atoms with Gasteiger partial charge in [0, 0.05) is 6.07 Å². The molecule has 10 heteroatoms. The van der Waals surface area contributed by atoms with E-state index in [1.54, 1.807) is 13.0 Å². The molecule has 0 aliphatic heterocycles. The molecule has 0 aliphatic rings. The molecule has 0 bridgehead atoms. The SMILES string of the molecule is Cc1ccc(NC(=O)Cn2cc([N+](=O)[O-])cn2)c([N+](=O)[O-])c1. The highest BCUT2D eigenvalue weighted by Gasteiger charge is 2.17. The van der Waals surface area contributed by atoms with Gasteiger partial charge in [0.05, 0.1) is 9.85 Å². The fraction of sp³-hybridized carbons (Fsp3) is 0.167. The summed E-state index contributed by atoms with van der Waals surface area (Å²) < 4.78 is 1.08. The standard InChI is InChI=1S/C12H11N5O5/c1-8-2-3-10(11(4-8)17(21)22)14-12(18)7-15-6-9(5-13-15)16(19)20/h2-6H,7H2,1H3,(H,14,18). The molecule has 0 spiro atoms. The third-order valence-electron chi connectivity index (χ3n) is 2.76. The van der Waals surface area contributed by atoms with Gasteiger partial charge in [-0.15, -0.1) is 0 Å². The average molecular weight is 305 g/mol. The van der Waals surface area contributed by atoms with E-state index in [1.165, 1.54) is 12.1 Å². The predicted octanol–water partition coefficient (Wildman–Crippen LogP) is 1.65. The molecule has 22 heavy (non-hydrogen) atoms. The van der Waals surface area contributed by atoms with Crippen LogP contribution >= 0.6 is 0 Å². The second-order valence-electron chi connectivity index (χ2n) is 4.48. The number of amides is 1. The minimum Gasteiger partial charge on any atom is -0.319 e. The third-order valence-corrected chi connectivity index (χ3v) is 2.76. The zero-order chi connectivity index (χ0) is 16.3. The van der Waals surface area contributed by atoms with Crippen molar-refractivity contribution in [1.82, 2.24) is 9.78 Å². The van der Waals surface area contributed by atoms with Crippen LogP contribution in [-0.2, 0) is 11.3 Å². The first kappa shape index (κ1) is 15.1. The van der Waals surface area contributed by atoms with Gasteiger partial charge in [-0.2, -0.15) is 5.10 Å². The van der Waals surface area contributed by atoms with Crippen LogP contribution in [0.3, 0.4) is 0 Å². The number of nitrogens with zero attached hydrogens (tertiary/aromatic N) is 4. The quantitative estimate of drug-likeness (QED) is 0.659. The Labute approximate surface area is 123 Å². The van der Waals surface area contributed by atoms with Gasteiger partial charge in [-0.1, -0.05) is 6.07 Å². The van der Waals surface area contributed by atoms with Crippen LogP contribution in [0.1, 0.15) is 5.56 Å². The molecule has 0 saturated carbocycles. The van der Waals surface area contributed by atoms with Crippen molar-refractivity contribution in [3.05, 3.63) is 56.4 Å². The molecule has 0 atom stereocenters. The van der Waals surface area contributed by atoms with Crippen molar-refractivity contribution < 1.29 is 14.6 Å². The number of aromatic nitrogens is 2. The Kier molecular flexibility index (Phi) is 4.11. The van der Waals surface area contributed by atoms with Crippen LogP contribution in [0.15, 0.2) is 30.6 Å². The molecule has 0 saturated heterocycles. The molecule has 1 amide bonds. The summed E-state index contributed by atoms with van der Waals surface area (Å²) in [7, 11) is 0. The van der Waals surface area contributed by atoms with Crippen LogP contribution in [0.25, 0.3) is 0 Å². The van der Waals surface area contributed by atoms with Crippen molar-refractivity contribution >= 4 is 23.0 Å². The van der Waals surface area contributed by atoms with Crippen LogP contribution in [0.5, 0.6) is 0 Å². The van der Waals surface area contributed by atoms with Gasteiger partial charge >= 0.3 is 5.69 Å². The zero-order valence-corrected chi connectivity index (χ0v) is 11.4. The lowest BCUT2D eigenvalue weighted by molar-refractivity contribution is -0.385. The highest BCUT2D eigenvalue weighted by Crippen LogP contribution is 2.25. The molecule has 10 nitrogen and oxygen atoms in total. The topological polar surface area (TPSA) is 133 Å². The van der Waals surface area contributed by atoms with Gasteiger partial charge in [-0.05, 0) is 18.6 Å². The normalized spacial score (nSPS) is 10.2. The maximum absolute atomic E-state index is 11.9. The predicted molar refractivity (Wildman–Crippen MR) is 75.3 cm³/mol. The monoisotopic (exact) mass is 305 g/mol. The summed E-state index contributed by atoms with van der Waals surface area (Å²) in [6.45, 7) is 1.40. The molecular formula is C12H11N5O5. The van der Waals surface area contributed by atoms with E-state index in [-0.39, 0.29) is 23.6 Å². The number of nitro benzene ring substituents is 1. The molecule has 114 valence electrons. The summed E-state index contributed by atoms with van der Waals surface area (Å²) in [5.41, 5.74) is 0.281. The molecule has 2 aromatic rings. The number of aryl methyl sites for hydroxylation is 1. The number of rotatable bonds is 5. The van der Waals surface area contributed by atoms with E-state index in [9.17, 15) is 25.0 Å². The minimum absolute atomic E-state index is 0.0576. The van der Waals surface area contributed by atoms with Crippen molar-refractivity contribution in [2.24, 2.45) is 0 Å². The van der Waals surface area contributed by atoms with Gasteiger partial charge in [0.1, 0.15) is 24.6 Å². The average Bonchev–Trinajstić information content (AvgIpc) is 2.89. The first-order valence-electron chi connectivity index (χ1n) is 6.08. The number of anilines is 1. The zero-order valence-electron chi connectivity index (χ0n) is 11.4. The van der Waals surface area contributed by atoms with Gasteiger partial charge in [-0.25, -0.2) is 0 Å². The maximum atomic E-state index is 11.9. The summed E-state index contributed by atoms with van der Waals surface area (Å²) in [5, 5.41) is 27.5. The number of carbonyl (C=O) groups excluding carboxylic acids is 1. The first-order valence-corrected chi connectivity index (χ1v) is 6.08. The molecule has 1 aromatic heterocycles. The minimum atomic E-state index is -0.633. The molecule has 0 fully saturated rings. The molecule has 0 aliphatic carbocycles. The molecular weight excluding hydrogens is 294 g/mol. The Bertz CT molecular complexity index is 754. The number of nitrogens with one attached hydrogen (secondary N) is 1. The summed E-state index contributed by atoms with van der Waals surface area (Å²) in [6.07, 6.45) is 2.12. The van der Waals surface area contributed by atoms with Gasteiger partial charge in [0.15, 0.2) is 0 Å². The van der Waals surface area contributed by atoms with E-state index in [4.69, 9.17) is 0 Å². The molecule has 0 unspecified atom stereocenters. The summed E-state index contributed by atoms with van der Waals surface area (Å²) >= 11 is 0. The molecule has 0 radical (unpaired) electrons. The van der Waals surface area contributed by atoms with E-state index in [0.717, 1.165) is 17.1 Å². The van der Waals surface area contributed by atoms with Crippen LogP contribution in [-0.4, -0.2) is 25.5 Å². The van der Waals surface area contributed by atoms with Crippen molar-refractivity contribution in [1.29, 1.82) is 0 Å². The summed E-state index contributed by atoms with van der Waals surface area (Å²) in [6, 6.07) is 4.40. The number of hydrogen-bond acceptors (Lipinski definition) is 6. The Morgan fingerprint density at radius 2 is 2.05 bits per heavy atom. The molecule has 1 aromatic carbocycles. The van der Waals surface area contributed by atoms with Gasteiger partial charge < -0.3 is 5.32 Å². The summed E-state index contributed by atoms with van der Waals surface area (Å²) in [5.74, 6) is -0.579. The van der Waals surface area contributed by atoms with Gasteiger partial charge in [0.25, 0.3) is 5.69 Å². The fourth-order valence-corrected chi connectivity index (χ4v) is 1.77. The number of hydrogen-bond donors (Lipinski definition) is 1. The molecule has 1 N–H and O–H groups in total. The van der Waals surface area contributed by atoms with E-state index in [2.05, 4.69) is 10.4 Å². The Morgan fingerprint density at radius 3 is 2.64 bits per heavy atom. The van der Waals surface area contributed by atoms with Crippen LogP contribution in [0.4, 0.5) is 17.1 Å². The van der Waals surface area contributed by atoms with Crippen molar-refractivity contribution in [2.45, 2.75) is 13.5 Å². The van der Waals surface area contributed by atoms with E-state index in [0.29, 0.717) is 5.56 Å². The smallest absolute Gasteiger partial charge is 0.307 e. The van der Waals surface area contributed by atoms with E-state index < -0.39 is 15.8 Å². The largest absolute Gasteiger partial charge is 0.319 e. The lowest BCUT2D eigenvalue weighted by atomic mass is 10.2. The van der Waals surface area contributed by atoms with Crippen LogP contribution in [0, 0.1) is 27.2 Å². The number of nitro groups is 2. The summed E-state index contributed by atoms with van der Waals surface area (Å²) in [4.78, 5) is 32.1. The van der Waals surface area contributed by atoms with Crippen molar-refractivity contribution in [3.8, 4) is 0 Å². The Hall–Kier alpha value is -3.30. The molecule has 1 heterocycles. The highest BCUT2D eigenvalue weighted by molar-refractivity contribution is 5.92.